The summed E-state index contributed by atoms with van der Waals surface area (Å²) in [6, 6.07) is 0. The van der Waals surface area contributed by atoms with Crippen LogP contribution in [-0.4, -0.2) is 69.4 Å². The van der Waals surface area contributed by atoms with Gasteiger partial charge < -0.3 is 28.6 Å². The Hall–Kier alpha value is -4.86. The molecule has 3 aromatic heterocycles. The number of nitrogens with zero attached hydrogens (tertiary/aromatic N) is 5. The van der Waals surface area contributed by atoms with Crippen LogP contribution in [0.1, 0.15) is 55.3 Å². The number of ether oxygens (including phenoxy) is 4. The third-order valence-electron chi connectivity index (χ3n) is 5.81. The van der Waals surface area contributed by atoms with Crippen LogP contribution in [0, 0.1) is 32.6 Å². The molecule has 0 aliphatic rings. The van der Waals surface area contributed by atoms with Gasteiger partial charge in [0.15, 0.2) is 0 Å². The number of hydrogen-bond acceptors (Lipinski definition) is 11. The van der Waals surface area contributed by atoms with Gasteiger partial charge in [-0.25, -0.2) is 19.4 Å². The Morgan fingerprint density at radius 3 is 2.27 bits per heavy atom. The van der Waals surface area contributed by atoms with E-state index in [1.807, 2.05) is 0 Å². The first-order valence-electron chi connectivity index (χ1n) is 13.1. The van der Waals surface area contributed by atoms with Crippen molar-refractivity contribution in [3.63, 3.8) is 0 Å². The minimum atomic E-state index is -0.981. The van der Waals surface area contributed by atoms with Crippen molar-refractivity contribution in [3.8, 4) is 17.6 Å². The van der Waals surface area contributed by atoms with Crippen molar-refractivity contribution in [1.29, 1.82) is 0 Å². The van der Waals surface area contributed by atoms with Gasteiger partial charge in [-0.2, -0.15) is 4.98 Å². The zero-order valence-electron chi connectivity index (χ0n) is 23.9. The highest BCUT2D eigenvalue weighted by Crippen LogP contribution is 2.28. The minimum Gasteiger partial charge on any atom is -0.507 e. The number of rotatable bonds is 8. The molecule has 0 saturated heterocycles. The van der Waals surface area contributed by atoms with E-state index in [1.165, 1.54) is 0 Å². The van der Waals surface area contributed by atoms with E-state index in [4.69, 9.17) is 18.9 Å². The Bertz CT molecular complexity index is 1490. The molecule has 0 bridgehead atoms. The molecule has 13 nitrogen and oxygen atoms in total. The molecule has 0 spiro atoms. The largest absolute Gasteiger partial charge is 0.508 e. The van der Waals surface area contributed by atoms with Gasteiger partial charge in [0.1, 0.15) is 18.0 Å². The van der Waals surface area contributed by atoms with E-state index in [2.05, 4.69) is 26.8 Å². The summed E-state index contributed by atoms with van der Waals surface area (Å²) >= 11 is 0. The molecule has 0 unspecified atom stereocenters. The van der Waals surface area contributed by atoms with Crippen molar-refractivity contribution in [2.24, 2.45) is 0 Å². The number of pyridine rings is 1. The molecule has 2 amide bonds. The van der Waals surface area contributed by atoms with Gasteiger partial charge in [-0.1, -0.05) is 11.8 Å². The Morgan fingerprint density at radius 1 is 0.976 bits per heavy atom. The van der Waals surface area contributed by atoms with E-state index in [1.54, 1.807) is 58.5 Å². The zero-order chi connectivity index (χ0) is 30.1. The van der Waals surface area contributed by atoms with Crippen LogP contribution in [0.15, 0.2) is 12.4 Å². The number of carbonyl (C=O) groups is 3. The lowest BCUT2D eigenvalue weighted by Crippen LogP contribution is -2.39. The number of imide groups is 1. The first-order valence-corrected chi connectivity index (χ1v) is 13.1. The van der Waals surface area contributed by atoms with E-state index < -0.39 is 18.3 Å². The lowest BCUT2D eigenvalue weighted by atomic mass is 10.1. The van der Waals surface area contributed by atoms with Crippen LogP contribution in [-0.2, 0) is 25.5 Å². The van der Waals surface area contributed by atoms with Crippen LogP contribution in [0.3, 0.4) is 0 Å². The summed E-state index contributed by atoms with van der Waals surface area (Å²) in [5, 5.41) is 11.0. The number of aromatic nitrogens is 4. The normalized spacial score (nSPS) is 10.5. The van der Waals surface area contributed by atoms with E-state index in [9.17, 15) is 19.5 Å². The molecule has 0 aliphatic carbocycles. The standard InChI is InChI=1S/C28H33N5O8/c1-7-38-26(35)33(27(36)39-8-2)25-30-19(6)22-20(12-10-11-13-41-28(37)40-9-3)15-32(24(22)31-25)16-21-18(5)23(34)17(4)14-29-21/h14-15H,7-9,11,13,16H2,1-6H3,(H,29,34). The maximum absolute atomic E-state index is 12.7. The van der Waals surface area contributed by atoms with Crippen LogP contribution >= 0.6 is 0 Å². The molecule has 0 radical (unpaired) electrons. The van der Waals surface area contributed by atoms with Crippen molar-refractivity contribution in [2.75, 3.05) is 31.3 Å². The quantitative estimate of drug-likeness (QED) is 0.176. The number of fused-ring (bicyclic) bond motifs is 1. The average Bonchev–Trinajstić information content (AvgIpc) is 3.27. The Labute approximate surface area is 237 Å². The first kappa shape index (κ1) is 30.7. The van der Waals surface area contributed by atoms with E-state index in [0.29, 0.717) is 44.0 Å². The highest BCUT2D eigenvalue weighted by molar-refractivity contribution is 6.08. The van der Waals surface area contributed by atoms with Gasteiger partial charge >= 0.3 is 18.3 Å². The van der Waals surface area contributed by atoms with Crippen LogP contribution in [0.5, 0.6) is 5.75 Å². The second-order valence-corrected chi connectivity index (χ2v) is 8.66. The van der Waals surface area contributed by atoms with Crippen molar-refractivity contribution in [3.05, 3.63) is 40.5 Å². The van der Waals surface area contributed by atoms with Crippen molar-refractivity contribution < 1.29 is 38.4 Å². The van der Waals surface area contributed by atoms with Crippen molar-refractivity contribution in [1.82, 2.24) is 19.5 Å². The van der Waals surface area contributed by atoms with Gasteiger partial charge in [-0.3, -0.25) is 4.98 Å². The molecule has 218 valence electrons. The molecule has 3 aromatic rings. The number of carbonyl (C=O) groups excluding carboxylic acids is 3. The topological polar surface area (TPSA) is 155 Å². The van der Waals surface area contributed by atoms with E-state index >= 15 is 0 Å². The second kappa shape index (κ2) is 14.0. The molecule has 0 aromatic carbocycles. The molecule has 0 atom stereocenters. The third-order valence-corrected chi connectivity index (χ3v) is 5.81. The SMILES string of the molecule is CCOC(=O)OCCC#Cc1cn(Cc2ncc(C)c(O)c2C)c2nc(N(C(=O)OCC)C(=O)OCC)nc(C)c12. The van der Waals surface area contributed by atoms with Gasteiger partial charge in [0.05, 0.1) is 48.7 Å². The fraction of sp³-hybridized carbons (Fsp3) is 0.429. The average molecular weight is 568 g/mol. The molecule has 3 heterocycles. The van der Waals surface area contributed by atoms with Crippen LogP contribution in [0.25, 0.3) is 11.0 Å². The van der Waals surface area contributed by atoms with E-state index in [0.717, 1.165) is 0 Å². The van der Waals surface area contributed by atoms with Gasteiger partial charge in [-0.05, 0) is 41.5 Å². The highest BCUT2D eigenvalue weighted by Gasteiger charge is 2.30. The van der Waals surface area contributed by atoms with Gasteiger partial charge in [0.2, 0.25) is 5.95 Å². The molecular formula is C28H33N5O8. The number of hydrogen-bond donors (Lipinski definition) is 1. The minimum absolute atomic E-state index is 0.0217. The number of aromatic hydroxyl groups is 1. The maximum Gasteiger partial charge on any atom is 0.508 e. The van der Waals surface area contributed by atoms with Crippen LogP contribution in [0.2, 0.25) is 0 Å². The van der Waals surface area contributed by atoms with Gasteiger partial charge in [-0.15, -0.1) is 4.90 Å². The number of aryl methyl sites for hydroxylation is 2. The smallest absolute Gasteiger partial charge is 0.507 e. The molecule has 0 aliphatic heterocycles. The summed E-state index contributed by atoms with van der Waals surface area (Å²) in [7, 11) is 0. The summed E-state index contributed by atoms with van der Waals surface area (Å²) in [6.45, 7) is 10.6. The zero-order valence-corrected chi connectivity index (χ0v) is 23.9. The van der Waals surface area contributed by atoms with Gasteiger partial charge in [0.25, 0.3) is 0 Å². The summed E-state index contributed by atoms with van der Waals surface area (Å²) in [6.07, 6.45) is 0.833. The highest BCUT2D eigenvalue weighted by atomic mass is 16.7. The molecule has 3 rings (SSSR count). The fourth-order valence-electron chi connectivity index (χ4n) is 3.87. The fourth-order valence-corrected chi connectivity index (χ4v) is 3.87. The van der Waals surface area contributed by atoms with E-state index in [-0.39, 0.29) is 51.1 Å². The monoisotopic (exact) mass is 567 g/mol. The van der Waals surface area contributed by atoms with Crippen LogP contribution in [0.4, 0.5) is 20.3 Å². The third kappa shape index (κ3) is 7.21. The van der Waals surface area contributed by atoms with Crippen LogP contribution < -0.4 is 4.90 Å². The van der Waals surface area contributed by atoms with Crippen molar-refractivity contribution >= 4 is 35.3 Å². The Morgan fingerprint density at radius 2 is 1.63 bits per heavy atom. The predicted molar refractivity (Wildman–Crippen MR) is 148 cm³/mol. The molecule has 0 saturated carbocycles. The Balaban J connectivity index is 2.12. The first-order chi connectivity index (χ1) is 19.6. The number of anilines is 1. The molecular weight excluding hydrogens is 534 g/mol. The molecule has 1 N–H and O–H groups in total. The predicted octanol–water partition coefficient (Wildman–Crippen LogP) is 4.54. The summed E-state index contributed by atoms with van der Waals surface area (Å²) < 4.78 is 21.5. The lowest BCUT2D eigenvalue weighted by Gasteiger charge is -2.18. The van der Waals surface area contributed by atoms with Crippen molar-refractivity contribution in [2.45, 2.75) is 54.5 Å². The maximum atomic E-state index is 12.7. The molecule has 0 fully saturated rings. The Kier molecular flexibility index (Phi) is 10.5. The summed E-state index contributed by atoms with van der Waals surface area (Å²) in [5.74, 6) is 5.93. The summed E-state index contributed by atoms with van der Waals surface area (Å²) in [4.78, 5) is 50.9. The molecule has 41 heavy (non-hydrogen) atoms. The number of amides is 2. The lowest BCUT2D eigenvalue weighted by molar-refractivity contribution is 0.0607. The molecule has 13 heteroatoms. The second-order valence-electron chi connectivity index (χ2n) is 8.66. The van der Waals surface area contributed by atoms with Gasteiger partial charge in [0, 0.05) is 29.9 Å². The summed E-state index contributed by atoms with van der Waals surface area (Å²) in [5.41, 5.74) is 3.18.